The van der Waals surface area contributed by atoms with Crippen LogP contribution < -0.4 is 11.1 Å². The molecule has 0 amide bonds. The SMILES string of the molecule is CNc1ccc2[nH]c(Cc3cccc(N)c3)nc2n1. The maximum atomic E-state index is 5.77. The molecule has 2 aromatic heterocycles. The van der Waals surface area contributed by atoms with Gasteiger partial charge in [-0.2, -0.15) is 0 Å². The van der Waals surface area contributed by atoms with Gasteiger partial charge in [0.25, 0.3) is 0 Å². The summed E-state index contributed by atoms with van der Waals surface area (Å²) in [4.78, 5) is 12.2. The predicted octanol–water partition coefficient (Wildman–Crippen LogP) is 2.17. The molecule has 5 nitrogen and oxygen atoms in total. The van der Waals surface area contributed by atoms with Gasteiger partial charge in [0.2, 0.25) is 0 Å². The van der Waals surface area contributed by atoms with Crippen LogP contribution in [0.4, 0.5) is 11.5 Å². The van der Waals surface area contributed by atoms with Gasteiger partial charge in [-0.25, -0.2) is 9.97 Å². The Kier molecular flexibility index (Phi) is 2.79. The molecule has 0 atom stereocenters. The first-order chi connectivity index (χ1) is 9.24. The highest BCUT2D eigenvalue weighted by Crippen LogP contribution is 2.15. The van der Waals surface area contributed by atoms with Crippen LogP contribution in [-0.2, 0) is 6.42 Å². The number of nitrogens with zero attached hydrogens (tertiary/aromatic N) is 2. The quantitative estimate of drug-likeness (QED) is 0.625. The van der Waals surface area contributed by atoms with Gasteiger partial charge in [0.1, 0.15) is 11.6 Å². The summed E-state index contributed by atoms with van der Waals surface area (Å²) in [7, 11) is 1.84. The number of pyridine rings is 1. The van der Waals surface area contributed by atoms with E-state index in [9.17, 15) is 0 Å². The molecule has 0 saturated carbocycles. The summed E-state index contributed by atoms with van der Waals surface area (Å²) in [5, 5.41) is 3.00. The second-order valence-electron chi connectivity index (χ2n) is 4.42. The van der Waals surface area contributed by atoms with Crippen LogP contribution in [-0.4, -0.2) is 22.0 Å². The van der Waals surface area contributed by atoms with Crippen LogP contribution in [0.1, 0.15) is 11.4 Å². The van der Waals surface area contributed by atoms with E-state index in [1.165, 1.54) is 0 Å². The number of imidazole rings is 1. The molecule has 0 saturated heterocycles. The maximum Gasteiger partial charge on any atom is 0.179 e. The molecular weight excluding hydrogens is 238 g/mol. The largest absolute Gasteiger partial charge is 0.399 e. The van der Waals surface area contributed by atoms with Gasteiger partial charge >= 0.3 is 0 Å². The number of benzene rings is 1. The normalized spacial score (nSPS) is 10.8. The van der Waals surface area contributed by atoms with Crippen molar-refractivity contribution in [2.75, 3.05) is 18.1 Å². The Morgan fingerprint density at radius 3 is 2.89 bits per heavy atom. The monoisotopic (exact) mass is 253 g/mol. The lowest BCUT2D eigenvalue weighted by atomic mass is 10.1. The molecule has 3 aromatic rings. The molecule has 0 aliphatic heterocycles. The zero-order valence-electron chi connectivity index (χ0n) is 10.6. The predicted molar refractivity (Wildman–Crippen MR) is 77.1 cm³/mol. The summed E-state index contributed by atoms with van der Waals surface area (Å²) in [6, 6.07) is 11.7. The summed E-state index contributed by atoms with van der Waals surface area (Å²) in [5.41, 5.74) is 9.34. The highest BCUT2D eigenvalue weighted by atomic mass is 15.0. The Morgan fingerprint density at radius 1 is 1.21 bits per heavy atom. The van der Waals surface area contributed by atoms with Crippen LogP contribution >= 0.6 is 0 Å². The van der Waals surface area contributed by atoms with Crippen LogP contribution in [0, 0.1) is 0 Å². The van der Waals surface area contributed by atoms with Crippen LogP contribution in [0.3, 0.4) is 0 Å². The topological polar surface area (TPSA) is 79.6 Å². The minimum Gasteiger partial charge on any atom is -0.399 e. The van der Waals surface area contributed by atoms with E-state index in [2.05, 4.69) is 20.3 Å². The van der Waals surface area contributed by atoms with Crippen molar-refractivity contribution in [2.24, 2.45) is 0 Å². The number of nitrogen functional groups attached to an aromatic ring is 1. The number of fused-ring (bicyclic) bond motifs is 1. The van der Waals surface area contributed by atoms with Crippen molar-refractivity contribution >= 4 is 22.7 Å². The molecule has 3 rings (SSSR count). The lowest BCUT2D eigenvalue weighted by molar-refractivity contribution is 1.04. The van der Waals surface area contributed by atoms with E-state index in [-0.39, 0.29) is 0 Å². The number of hydrogen-bond acceptors (Lipinski definition) is 4. The molecule has 96 valence electrons. The Balaban J connectivity index is 1.93. The van der Waals surface area contributed by atoms with Crippen molar-refractivity contribution in [3.8, 4) is 0 Å². The lowest BCUT2D eigenvalue weighted by Crippen LogP contribution is -1.93. The Hall–Kier alpha value is -2.56. The van der Waals surface area contributed by atoms with E-state index in [1.54, 1.807) is 0 Å². The van der Waals surface area contributed by atoms with Gasteiger partial charge in [-0.1, -0.05) is 12.1 Å². The number of H-pyrrole nitrogens is 1. The second kappa shape index (κ2) is 4.61. The van der Waals surface area contributed by atoms with Crippen molar-refractivity contribution in [2.45, 2.75) is 6.42 Å². The molecule has 4 N–H and O–H groups in total. The fourth-order valence-corrected chi connectivity index (χ4v) is 2.06. The first kappa shape index (κ1) is 11.5. The molecule has 0 unspecified atom stereocenters. The van der Waals surface area contributed by atoms with Gasteiger partial charge in [-0.3, -0.25) is 0 Å². The van der Waals surface area contributed by atoms with Gasteiger partial charge in [0.15, 0.2) is 5.65 Å². The van der Waals surface area contributed by atoms with Crippen molar-refractivity contribution < 1.29 is 0 Å². The molecule has 0 aliphatic rings. The van der Waals surface area contributed by atoms with Gasteiger partial charge in [0, 0.05) is 19.2 Å². The summed E-state index contributed by atoms with van der Waals surface area (Å²) in [6.45, 7) is 0. The zero-order valence-corrected chi connectivity index (χ0v) is 10.6. The molecule has 5 heteroatoms. The number of hydrogen-bond donors (Lipinski definition) is 3. The van der Waals surface area contributed by atoms with Crippen LogP contribution in [0.25, 0.3) is 11.2 Å². The van der Waals surface area contributed by atoms with Crippen molar-refractivity contribution in [3.05, 3.63) is 47.8 Å². The molecule has 2 heterocycles. The molecule has 19 heavy (non-hydrogen) atoms. The molecule has 0 radical (unpaired) electrons. The highest BCUT2D eigenvalue weighted by molar-refractivity contribution is 5.73. The molecular formula is C14H15N5. The van der Waals surface area contributed by atoms with E-state index in [0.29, 0.717) is 0 Å². The van der Waals surface area contributed by atoms with E-state index in [0.717, 1.165) is 40.5 Å². The zero-order chi connectivity index (χ0) is 13.2. The summed E-state index contributed by atoms with van der Waals surface area (Å²) >= 11 is 0. The Labute approximate surface area is 110 Å². The van der Waals surface area contributed by atoms with Crippen LogP contribution in [0.2, 0.25) is 0 Å². The number of anilines is 2. The summed E-state index contributed by atoms with van der Waals surface area (Å²) < 4.78 is 0. The third-order valence-corrected chi connectivity index (χ3v) is 2.97. The fraction of sp³-hybridized carbons (Fsp3) is 0.143. The molecule has 0 bridgehead atoms. The van der Waals surface area contributed by atoms with Gasteiger partial charge in [-0.15, -0.1) is 0 Å². The van der Waals surface area contributed by atoms with Crippen LogP contribution in [0.5, 0.6) is 0 Å². The van der Waals surface area contributed by atoms with Gasteiger partial charge in [-0.05, 0) is 29.8 Å². The molecule has 1 aromatic carbocycles. The minimum absolute atomic E-state index is 0.719. The van der Waals surface area contributed by atoms with Crippen LogP contribution in [0.15, 0.2) is 36.4 Å². The number of nitrogens with one attached hydrogen (secondary N) is 2. The first-order valence-electron chi connectivity index (χ1n) is 6.12. The van der Waals surface area contributed by atoms with Gasteiger partial charge < -0.3 is 16.0 Å². The van der Waals surface area contributed by atoms with E-state index < -0.39 is 0 Å². The van der Waals surface area contributed by atoms with E-state index in [4.69, 9.17) is 5.73 Å². The number of nitrogens with two attached hydrogens (primary N) is 1. The number of aromatic amines is 1. The second-order valence-corrected chi connectivity index (χ2v) is 4.42. The molecule has 0 fully saturated rings. The Morgan fingerprint density at radius 2 is 2.11 bits per heavy atom. The van der Waals surface area contributed by atoms with E-state index >= 15 is 0 Å². The van der Waals surface area contributed by atoms with Crippen molar-refractivity contribution in [1.29, 1.82) is 0 Å². The maximum absolute atomic E-state index is 5.77. The van der Waals surface area contributed by atoms with Crippen molar-refractivity contribution in [3.63, 3.8) is 0 Å². The average molecular weight is 253 g/mol. The third kappa shape index (κ3) is 2.35. The first-order valence-corrected chi connectivity index (χ1v) is 6.12. The fourth-order valence-electron chi connectivity index (χ4n) is 2.06. The Bertz CT molecular complexity index is 717. The standard InChI is InChI=1S/C14H15N5/c1-16-12-6-5-11-14(18-12)19-13(17-11)8-9-3-2-4-10(15)7-9/h2-7H,8,15H2,1H3,(H2,16,17,18,19). The molecule has 0 spiro atoms. The van der Waals surface area contributed by atoms with Gasteiger partial charge in [0.05, 0.1) is 5.52 Å². The average Bonchev–Trinajstić information content (AvgIpc) is 2.79. The summed E-state index contributed by atoms with van der Waals surface area (Å²) in [5.74, 6) is 1.70. The summed E-state index contributed by atoms with van der Waals surface area (Å²) in [6.07, 6.45) is 0.719. The minimum atomic E-state index is 0.719. The lowest BCUT2D eigenvalue weighted by Gasteiger charge is -1.99. The van der Waals surface area contributed by atoms with Crippen molar-refractivity contribution in [1.82, 2.24) is 15.0 Å². The van der Waals surface area contributed by atoms with E-state index in [1.807, 2.05) is 43.4 Å². The molecule has 0 aliphatic carbocycles. The number of rotatable bonds is 3. The highest BCUT2D eigenvalue weighted by Gasteiger charge is 2.05. The third-order valence-electron chi connectivity index (χ3n) is 2.97. The smallest absolute Gasteiger partial charge is 0.179 e. The number of aromatic nitrogens is 3.